The Hall–Kier alpha value is -1.60. The third-order valence-electron chi connectivity index (χ3n) is 4.38. The molecule has 1 aliphatic rings. The average molecular weight is 400 g/mol. The minimum Gasteiger partial charge on any atom is -0.271 e. The Morgan fingerprint density at radius 3 is 2.38 bits per heavy atom. The Labute approximate surface area is 160 Å². The lowest BCUT2D eigenvalue weighted by Crippen LogP contribution is -2.39. The van der Waals surface area contributed by atoms with E-state index in [2.05, 4.69) is 10.5 Å². The molecule has 1 aliphatic carbocycles. The molecule has 0 bridgehead atoms. The largest absolute Gasteiger partial charge is 0.271 e. The van der Waals surface area contributed by atoms with Crippen molar-refractivity contribution in [3.63, 3.8) is 0 Å². The number of aryl methyl sites for hydroxylation is 1. The molecule has 6 nitrogen and oxygen atoms in total. The highest BCUT2D eigenvalue weighted by Crippen LogP contribution is 2.25. The first kappa shape index (κ1) is 20.7. The number of carbonyl (C=O) groups is 1. The number of nitrogens with zero attached hydrogens (tertiary/aromatic N) is 2. The number of anilines is 1. The fraction of sp³-hybridized carbons (Fsp3) is 0.556. The molecule has 0 aliphatic heterocycles. The van der Waals surface area contributed by atoms with Crippen LogP contribution in [-0.4, -0.2) is 32.8 Å². The monoisotopic (exact) mass is 399 g/mol. The highest BCUT2D eigenvalue weighted by molar-refractivity contribution is 7.92. The van der Waals surface area contributed by atoms with E-state index in [0.717, 1.165) is 42.0 Å². The van der Waals surface area contributed by atoms with Gasteiger partial charge in [0.2, 0.25) is 10.0 Å². The van der Waals surface area contributed by atoms with Gasteiger partial charge in [-0.3, -0.25) is 9.10 Å². The van der Waals surface area contributed by atoms with Crippen LogP contribution in [0.5, 0.6) is 0 Å². The highest BCUT2D eigenvalue weighted by atomic mass is 35.5. The summed E-state index contributed by atoms with van der Waals surface area (Å²) in [5.41, 5.74) is 4.62. The van der Waals surface area contributed by atoms with Crippen molar-refractivity contribution in [2.24, 2.45) is 5.10 Å². The van der Waals surface area contributed by atoms with Crippen molar-refractivity contribution in [1.29, 1.82) is 0 Å². The zero-order valence-electron chi connectivity index (χ0n) is 15.3. The number of benzene rings is 1. The third-order valence-corrected chi connectivity index (χ3v) is 5.75. The second kappa shape index (κ2) is 9.37. The van der Waals surface area contributed by atoms with Crippen LogP contribution in [0.4, 0.5) is 5.69 Å². The highest BCUT2D eigenvalue weighted by Gasteiger charge is 2.22. The lowest BCUT2D eigenvalue weighted by molar-refractivity contribution is -0.119. The minimum atomic E-state index is -3.62. The molecular weight excluding hydrogens is 374 g/mol. The maximum Gasteiger partial charge on any atom is 0.260 e. The normalized spacial score (nSPS) is 15.7. The predicted octanol–water partition coefficient (Wildman–Crippen LogP) is 3.63. The molecule has 2 rings (SSSR count). The van der Waals surface area contributed by atoms with Crippen LogP contribution in [0.2, 0.25) is 5.02 Å². The number of amides is 1. The van der Waals surface area contributed by atoms with Crippen molar-refractivity contribution in [1.82, 2.24) is 5.43 Å². The molecular formula is C18H26ClN3O3S. The molecule has 0 atom stereocenters. The van der Waals surface area contributed by atoms with Gasteiger partial charge in [0.05, 0.1) is 11.9 Å². The molecule has 0 unspecified atom stereocenters. The molecule has 0 radical (unpaired) electrons. The first-order valence-corrected chi connectivity index (χ1v) is 11.1. The summed E-state index contributed by atoms with van der Waals surface area (Å²) in [4.78, 5) is 12.3. The molecule has 8 heteroatoms. The van der Waals surface area contributed by atoms with Crippen molar-refractivity contribution >= 4 is 38.9 Å². The van der Waals surface area contributed by atoms with Crippen LogP contribution >= 0.6 is 11.6 Å². The maximum atomic E-state index is 12.3. The number of nitrogens with one attached hydrogen (secondary N) is 1. The smallest absolute Gasteiger partial charge is 0.260 e. The maximum absolute atomic E-state index is 12.3. The number of carbonyl (C=O) groups excluding carboxylic acids is 1. The van der Waals surface area contributed by atoms with Crippen molar-refractivity contribution in [3.05, 3.63) is 28.8 Å². The van der Waals surface area contributed by atoms with Gasteiger partial charge in [0.25, 0.3) is 5.91 Å². The number of hydrogen-bond acceptors (Lipinski definition) is 4. The summed E-state index contributed by atoms with van der Waals surface area (Å²) < 4.78 is 25.4. The SMILES string of the molecule is Cc1cc(Cl)ccc1N(CC(=O)NN=C1CCCCCCC1)S(C)(=O)=O. The van der Waals surface area contributed by atoms with Crippen LogP contribution in [0.15, 0.2) is 23.3 Å². The van der Waals surface area contributed by atoms with Gasteiger partial charge in [-0.15, -0.1) is 0 Å². The van der Waals surface area contributed by atoms with E-state index in [1.54, 1.807) is 25.1 Å². The van der Waals surface area contributed by atoms with E-state index in [-0.39, 0.29) is 6.54 Å². The van der Waals surface area contributed by atoms with Crippen LogP contribution in [0.3, 0.4) is 0 Å². The Kier molecular flexibility index (Phi) is 7.46. The number of halogens is 1. The Morgan fingerprint density at radius 2 is 1.81 bits per heavy atom. The number of hydrogen-bond donors (Lipinski definition) is 1. The van der Waals surface area contributed by atoms with Crippen molar-refractivity contribution in [3.8, 4) is 0 Å². The lowest BCUT2D eigenvalue weighted by atomic mass is 9.99. The van der Waals surface area contributed by atoms with Gasteiger partial charge < -0.3 is 0 Å². The van der Waals surface area contributed by atoms with E-state index in [4.69, 9.17) is 11.6 Å². The third kappa shape index (κ3) is 6.29. The fourth-order valence-electron chi connectivity index (χ4n) is 3.01. The summed E-state index contributed by atoms with van der Waals surface area (Å²) in [5, 5.41) is 4.74. The van der Waals surface area contributed by atoms with E-state index in [1.165, 1.54) is 19.3 Å². The quantitative estimate of drug-likeness (QED) is 0.768. The molecule has 1 aromatic rings. The van der Waals surface area contributed by atoms with Crippen molar-refractivity contribution in [2.75, 3.05) is 17.1 Å². The van der Waals surface area contributed by atoms with E-state index < -0.39 is 15.9 Å². The van der Waals surface area contributed by atoms with Gasteiger partial charge in [-0.1, -0.05) is 30.9 Å². The summed E-state index contributed by atoms with van der Waals surface area (Å²) in [6.45, 7) is 1.43. The van der Waals surface area contributed by atoms with Gasteiger partial charge in [0.15, 0.2) is 0 Å². The molecule has 0 aromatic heterocycles. The van der Waals surface area contributed by atoms with Crippen LogP contribution < -0.4 is 9.73 Å². The molecule has 1 aromatic carbocycles. The molecule has 0 heterocycles. The van der Waals surface area contributed by atoms with Crippen molar-refractivity contribution < 1.29 is 13.2 Å². The summed E-state index contributed by atoms with van der Waals surface area (Å²) in [5.74, 6) is -0.459. The molecule has 1 fully saturated rings. The minimum absolute atomic E-state index is 0.321. The first-order chi connectivity index (χ1) is 12.3. The second-order valence-corrected chi connectivity index (χ2v) is 9.02. The van der Waals surface area contributed by atoms with Gasteiger partial charge in [0, 0.05) is 10.7 Å². The van der Waals surface area contributed by atoms with Gasteiger partial charge in [0.1, 0.15) is 6.54 Å². The summed E-state index contributed by atoms with van der Waals surface area (Å²) in [7, 11) is -3.62. The van der Waals surface area contributed by atoms with Gasteiger partial charge in [-0.2, -0.15) is 5.10 Å². The number of hydrazone groups is 1. The van der Waals surface area contributed by atoms with E-state index in [1.807, 2.05) is 0 Å². The second-order valence-electron chi connectivity index (χ2n) is 6.68. The summed E-state index contributed by atoms with van der Waals surface area (Å²) in [6.07, 6.45) is 8.62. The molecule has 1 saturated carbocycles. The average Bonchev–Trinajstić information content (AvgIpc) is 2.51. The van der Waals surface area contributed by atoms with Crippen LogP contribution in [0.1, 0.15) is 50.5 Å². The topological polar surface area (TPSA) is 78.8 Å². The zero-order chi connectivity index (χ0) is 19.2. The summed E-state index contributed by atoms with van der Waals surface area (Å²) in [6, 6.07) is 4.88. The van der Waals surface area contributed by atoms with E-state index >= 15 is 0 Å². The van der Waals surface area contributed by atoms with Crippen LogP contribution in [0, 0.1) is 6.92 Å². The van der Waals surface area contributed by atoms with Gasteiger partial charge in [-0.25, -0.2) is 13.8 Å². The van der Waals surface area contributed by atoms with Crippen molar-refractivity contribution in [2.45, 2.75) is 51.9 Å². The number of rotatable bonds is 5. The Morgan fingerprint density at radius 1 is 1.19 bits per heavy atom. The fourth-order valence-corrected chi connectivity index (χ4v) is 4.15. The Bertz CT molecular complexity index is 768. The summed E-state index contributed by atoms with van der Waals surface area (Å²) >= 11 is 5.94. The first-order valence-electron chi connectivity index (χ1n) is 8.85. The molecule has 144 valence electrons. The van der Waals surface area contributed by atoms with E-state index in [9.17, 15) is 13.2 Å². The van der Waals surface area contributed by atoms with Gasteiger partial charge in [-0.05, 0) is 56.4 Å². The number of sulfonamides is 1. The molecule has 0 saturated heterocycles. The Balaban J connectivity index is 2.09. The standard InChI is InChI=1S/C18H26ClN3O3S/c1-14-12-15(19)10-11-17(14)22(26(2,24)25)13-18(23)21-20-16-8-6-4-3-5-7-9-16/h10-12H,3-9,13H2,1-2H3,(H,21,23). The lowest BCUT2D eigenvalue weighted by Gasteiger charge is -2.23. The molecule has 1 N–H and O–H groups in total. The zero-order valence-corrected chi connectivity index (χ0v) is 16.9. The predicted molar refractivity (Wildman–Crippen MR) is 106 cm³/mol. The molecule has 1 amide bonds. The molecule has 26 heavy (non-hydrogen) atoms. The van der Waals surface area contributed by atoms with E-state index in [0.29, 0.717) is 16.3 Å². The van der Waals surface area contributed by atoms with Crippen LogP contribution in [0.25, 0.3) is 0 Å². The molecule has 0 spiro atoms. The van der Waals surface area contributed by atoms with Gasteiger partial charge >= 0.3 is 0 Å². The van der Waals surface area contributed by atoms with Crippen LogP contribution in [-0.2, 0) is 14.8 Å².